The van der Waals surface area contributed by atoms with Gasteiger partial charge in [-0.15, -0.1) is 0 Å². The molecule has 0 spiro atoms. The molecule has 8 nitrogen and oxygen atoms in total. The Morgan fingerprint density at radius 1 is 1.04 bits per heavy atom. The van der Waals surface area contributed by atoms with Gasteiger partial charge in [-0.1, -0.05) is 36.4 Å². The third-order valence-corrected chi connectivity index (χ3v) is 7.27. The lowest BCUT2D eigenvalue weighted by molar-refractivity contribution is -0.464. The predicted octanol–water partition coefficient (Wildman–Crippen LogP) is 1.07. The van der Waals surface area contributed by atoms with Gasteiger partial charge in [0.2, 0.25) is 6.54 Å². The Bertz CT molecular complexity index is 767. The Morgan fingerprint density at radius 3 is 2.17 bits per heavy atom. The summed E-state index contributed by atoms with van der Waals surface area (Å²) in [6, 6.07) is 9.34. The molecular weight excluding hydrogens is 356 g/mol. The number of aliphatic hydroxyl groups is 1. The number of nitrogens with zero attached hydrogens (tertiary/aromatic N) is 1. The van der Waals surface area contributed by atoms with Crippen molar-refractivity contribution < 1.29 is 38.4 Å². The van der Waals surface area contributed by atoms with E-state index in [1.165, 1.54) is 12.4 Å². The number of hydrogen-bond acceptors (Lipinski definition) is 3. The van der Waals surface area contributed by atoms with Gasteiger partial charge in [0, 0.05) is 12.5 Å². The van der Waals surface area contributed by atoms with Gasteiger partial charge in [0.25, 0.3) is 0 Å². The Morgan fingerprint density at radius 2 is 1.62 bits per heavy atom. The molecule has 130 valence electrons. The lowest BCUT2D eigenvalue weighted by Gasteiger charge is -2.26. The lowest BCUT2D eigenvalue weighted by atomic mass is 10.1. The van der Waals surface area contributed by atoms with Crippen molar-refractivity contribution in [3.05, 3.63) is 54.2 Å². The zero-order valence-electron chi connectivity index (χ0n) is 12.5. The third kappa shape index (κ3) is 3.99. The molecule has 0 aromatic heterocycles. The van der Waals surface area contributed by atoms with E-state index in [0.29, 0.717) is 6.42 Å². The summed E-state index contributed by atoms with van der Waals surface area (Å²) in [7, 11) is -11.0. The molecule has 1 aromatic rings. The lowest BCUT2D eigenvalue weighted by Crippen LogP contribution is -2.37. The van der Waals surface area contributed by atoms with E-state index in [2.05, 4.69) is 0 Å². The highest BCUT2D eigenvalue weighted by atomic mass is 31.2. The van der Waals surface area contributed by atoms with E-state index in [4.69, 9.17) is 0 Å². The molecule has 0 amide bonds. The fourth-order valence-corrected chi connectivity index (χ4v) is 4.23. The van der Waals surface area contributed by atoms with E-state index < -0.39 is 26.8 Å². The molecular formula is C14H18NO7P2+. The minimum absolute atomic E-state index is 0.357. The van der Waals surface area contributed by atoms with Gasteiger partial charge >= 0.3 is 20.3 Å². The average Bonchev–Trinajstić information content (AvgIpc) is 2.71. The van der Waals surface area contributed by atoms with Gasteiger partial charge in [-0.3, -0.25) is 9.13 Å². The average molecular weight is 374 g/mol. The maximum atomic E-state index is 11.4. The minimum Gasteiger partial charge on any atom is -0.363 e. The monoisotopic (exact) mass is 374 g/mol. The highest BCUT2D eigenvalue weighted by molar-refractivity contribution is 7.72. The van der Waals surface area contributed by atoms with Gasteiger partial charge in [-0.05, 0) is 11.1 Å². The molecule has 1 aliphatic rings. The van der Waals surface area contributed by atoms with Gasteiger partial charge in [0.05, 0.1) is 0 Å². The van der Waals surface area contributed by atoms with Crippen molar-refractivity contribution in [3.8, 4) is 0 Å². The summed E-state index contributed by atoms with van der Waals surface area (Å²) in [5, 5.41) is 6.50. The first-order valence-corrected chi connectivity index (χ1v) is 10.1. The third-order valence-electron chi connectivity index (χ3n) is 3.56. The van der Waals surface area contributed by atoms with Crippen molar-refractivity contribution >= 4 is 27.0 Å². The molecule has 10 heteroatoms. The second-order valence-corrected chi connectivity index (χ2v) is 9.30. The van der Waals surface area contributed by atoms with Crippen molar-refractivity contribution in [2.75, 3.05) is 6.54 Å². The van der Waals surface area contributed by atoms with Gasteiger partial charge < -0.3 is 24.7 Å². The Balaban J connectivity index is 2.28. The predicted molar refractivity (Wildman–Crippen MR) is 88.4 cm³/mol. The maximum Gasteiger partial charge on any atom is 0.376 e. The van der Waals surface area contributed by atoms with Crippen LogP contribution in [-0.4, -0.2) is 47.1 Å². The number of benzene rings is 1. The van der Waals surface area contributed by atoms with E-state index in [1.54, 1.807) is 6.08 Å². The number of β-amino-alcohol motifs (C(OH)–C–C–N with tert-alkyl or cyclic N) is 1. The summed E-state index contributed by atoms with van der Waals surface area (Å²) < 4.78 is 24.0. The van der Waals surface area contributed by atoms with Gasteiger partial charge in [-0.2, -0.15) is 0 Å². The summed E-state index contributed by atoms with van der Waals surface area (Å²) in [5.41, 5.74) is 1.76. The van der Waals surface area contributed by atoms with Crippen molar-refractivity contribution in [1.29, 1.82) is 0 Å². The quantitative estimate of drug-likeness (QED) is 0.384. The van der Waals surface area contributed by atoms with Crippen molar-refractivity contribution in [2.24, 2.45) is 0 Å². The van der Waals surface area contributed by atoms with E-state index in [1.807, 2.05) is 36.4 Å². The SMILES string of the molecule is O=P(O)(O)C(O)(C[N+]1=CCC=C(c2ccccc2)C=C1)P(=O)(O)O. The molecule has 2 rings (SSSR count). The Labute approximate surface area is 138 Å². The van der Waals surface area contributed by atoms with Crippen LogP contribution in [0.1, 0.15) is 12.0 Å². The standard InChI is InChI=1S/C14H17NO7P2/c16-14(23(17,18)19,24(20,21)22)11-15-9-4-7-13(8-10-15)12-5-2-1-3-6-12/h1-3,5-10,16H,4,11H2,(H3-,17,18,19,20,21,22)/p+1. The molecule has 0 aliphatic carbocycles. The highest BCUT2D eigenvalue weighted by Crippen LogP contribution is 2.67. The first-order chi connectivity index (χ1) is 11.0. The van der Waals surface area contributed by atoms with Crippen LogP contribution >= 0.6 is 15.2 Å². The summed E-state index contributed by atoms with van der Waals surface area (Å²) in [6.07, 6.45) is 6.72. The summed E-state index contributed by atoms with van der Waals surface area (Å²) >= 11 is 0. The first-order valence-electron chi connectivity index (χ1n) is 6.91. The van der Waals surface area contributed by atoms with Crippen LogP contribution in [0.3, 0.4) is 0 Å². The van der Waals surface area contributed by atoms with Crippen LogP contribution in [0.4, 0.5) is 0 Å². The van der Waals surface area contributed by atoms with Crippen molar-refractivity contribution in [2.45, 2.75) is 11.5 Å². The van der Waals surface area contributed by atoms with Crippen LogP contribution in [0.25, 0.3) is 5.57 Å². The Hall–Kier alpha value is -1.37. The van der Waals surface area contributed by atoms with Crippen LogP contribution in [0, 0.1) is 0 Å². The fourth-order valence-electron chi connectivity index (χ4n) is 2.18. The minimum atomic E-state index is -5.48. The molecule has 24 heavy (non-hydrogen) atoms. The summed E-state index contributed by atoms with van der Waals surface area (Å²) in [4.78, 5) is 36.8. The van der Waals surface area contributed by atoms with Gasteiger partial charge in [-0.25, -0.2) is 4.58 Å². The van der Waals surface area contributed by atoms with Crippen molar-refractivity contribution in [3.63, 3.8) is 0 Å². The molecule has 0 fully saturated rings. The highest BCUT2D eigenvalue weighted by Gasteiger charge is 2.62. The molecule has 0 saturated carbocycles. The molecule has 1 aromatic carbocycles. The van der Waals surface area contributed by atoms with Crippen LogP contribution in [0.2, 0.25) is 0 Å². The molecule has 1 heterocycles. The molecule has 0 bridgehead atoms. The van der Waals surface area contributed by atoms with Gasteiger partial charge in [0.15, 0.2) is 6.20 Å². The fraction of sp³-hybridized carbons (Fsp3) is 0.214. The van der Waals surface area contributed by atoms with E-state index in [-0.39, 0.29) is 0 Å². The maximum absolute atomic E-state index is 11.4. The number of allylic oxidation sites excluding steroid dienone is 3. The largest absolute Gasteiger partial charge is 0.376 e. The molecule has 0 saturated heterocycles. The van der Waals surface area contributed by atoms with E-state index in [0.717, 1.165) is 15.7 Å². The topological polar surface area (TPSA) is 138 Å². The number of hydrogen-bond donors (Lipinski definition) is 5. The molecule has 0 unspecified atom stereocenters. The van der Waals surface area contributed by atoms with Gasteiger partial charge in [0.1, 0.15) is 6.21 Å². The molecule has 0 radical (unpaired) electrons. The summed E-state index contributed by atoms with van der Waals surface area (Å²) in [5.74, 6) is 0. The second kappa shape index (κ2) is 6.86. The van der Waals surface area contributed by atoms with E-state index >= 15 is 0 Å². The zero-order valence-corrected chi connectivity index (χ0v) is 14.3. The van der Waals surface area contributed by atoms with Crippen LogP contribution < -0.4 is 0 Å². The normalized spacial score (nSPS) is 16.4. The molecule has 1 aliphatic heterocycles. The van der Waals surface area contributed by atoms with Crippen LogP contribution in [-0.2, 0) is 9.13 Å². The molecule has 5 N–H and O–H groups in total. The van der Waals surface area contributed by atoms with Crippen LogP contribution in [0.5, 0.6) is 0 Å². The summed E-state index contributed by atoms with van der Waals surface area (Å²) in [6.45, 7) is -0.937. The smallest absolute Gasteiger partial charge is 0.363 e. The van der Waals surface area contributed by atoms with Crippen molar-refractivity contribution in [1.82, 2.24) is 0 Å². The first kappa shape index (κ1) is 19.0. The number of rotatable bonds is 5. The van der Waals surface area contributed by atoms with Crippen LogP contribution in [0.15, 0.2) is 48.7 Å². The zero-order chi connectivity index (χ0) is 18.0. The van der Waals surface area contributed by atoms with E-state index in [9.17, 15) is 33.8 Å². The Kier molecular flexibility index (Phi) is 5.42. The molecule has 0 atom stereocenters. The second-order valence-electron chi connectivity index (χ2n) is 5.29.